The molecule has 0 spiro atoms. The standard InChI is InChI=1S/C30H24F2N4O3/c31-21-10-17(11-22(32)14-21)12-27(36-28(38)13-20-16-35-26-8-7-23(37)15-25(20)26)29-24(2-1-9-34-29)18-3-5-19(6-4-18)30(33)39/h1-11,14-16,27,35,37H,12-13H2,(H2,33,39)(H,36,38). The number of nitrogens with two attached hydrogens (primary N) is 1. The molecule has 0 fully saturated rings. The molecule has 0 radical (unpaired) electrons. The molecule has 0 bridgehead atoms. The Labute approximate surface area is 222 Å². The molecule has 0 aliphatic carbocycles. The first-order valence-corrected chi connectivity index (χ1v) is 12.2. The van der Waals surface area contributed by atoms with E-state index >= 15 is 0 Å². The van der Waals surface area contributed by atoms with E-state index in [4.69, 9.17) is 5.73 Å². The number of aromatic amines is 1. The number of pyridine rings is 1. The highest BCUT2D eigenvalue weighted by Gasteiger charge is 2.22. The van der Waals surface area contributed by atoms with Crippen molar-refractivity contribution in [1.29, 1.82) is 0 Å². The van der Waals surface area contributed by atoms with Crippen molar-refractivity contribution in [3.63, 3.8) is 0 Å². The SMILES string of the molecule is NC(=O)c1ccc(-c2cccnc2C(Cc2cc(F)cc(F)c2)NC(=O)Cc2c[nH]c3ccc(O)cc23)cc1. The zero-order chi connectivity index (χ0) is 27.5. The fraction of sp³-hybridized carbons (Fsp3) is 0.100. The number of primary amides is 1. The summed E-state index contributed by atoms with van der Waals surface area (Å²) in [5.74, 6) is -2.28. The fourth-order valence-electron chi connectivity index (χ4n) is 4.66. The maximum atomic E-state index is 14.0. The van der Waals surface area contributed by atoms with Crippen LogP contribution in [0.4, 0.5) is 8.78 Å². The average molecular weight is 527 g/mol. The van der Waals surface area contributed by atoms with Gasteiger partial charge in [0.1, 0.15) is 17.4 Å². The number of rotatable bonds is 8. The highest BCUT2D eigenvalue weighted by molar-refractivity contribution is 5.93. The van der Waals surface area contributed by atoms with Gasteiger partial charge in [0.2, 0.25) is 11.8 Å². The predicted octanol–water partition coefficient (Wildman–Crippen LogP) is 4.96. The Morgan fingerprint density at radius 2 is 1.74 bits per heavy atom. The Kier molecular flexibility index (Phi) is 7.05. The van der Waals surface area contributed by atoms with Gasteiger partial charge >= 0.3 is 0 Å². The number of aromatic hydroxyl groups is 1. The van der Waals surface area contributed by atoms with Gasteiger partial charge in [-0.2, -0.15) is 0 Å². The van der Waals surface area contributed by atoms with Crippen LogP contribution in [0.15, 0.2) is 85.2 Å². The van der Waals surface area contributed by atoms with E-state index in [9.17, 15) is 23.5 Å². The van der Waals surface area contributed by atoms with Crippen LogP contribution in [0.3, 0.4) is 0 Å². The average Bonchev–Trinajstić information content (AvgIpc) is 3.29. The molecule has 3 aromatic carbocycles. The molecule has 5 aromatic rings. The number of carbonyl (C=O) groups is 2. The molecular weight excluding hydrogens is 502 g/mol. The molecule has 5 rings (SSSR count). The van der Waals surface area contributed by atoms with E-state index in [0.717, 1.165) is 17.1 Å². The summed E-state index contributed by atoms with van der Waals surface area (Å²) >= 11 is 0. The van der Waals surface area contributed by atoms with Gasteiger partial charge in [0.25, 0.3) is 0 Å². The fourth-order valence-corrected chi connectivity index (χ4v) is 4.66. The third-order valence-corrected chi connectivity index (χ3v) is 6.45. The predicted molar refractivity (Wildman–Crippen MR) is 143 cm³/mol. The Bertz CT molecular complexity index is 1660. The van der Waals surface area contributed by atoms with Crippen LogP contribution in [0.1, 0.15) is 33.2 Å². The summed E-state index contributed by atoms with van der Waals surface area (Å²) in [6.07, 6.45) is 3.34. The van der Waals surface area contributed by atoms with Crippen molar-refractivity contribution in [2.75, 3.05) is 0 Å². The van der Waals surface area contributed by atoms with Crippen molar-refractivity contribution < 1.29 is 23.5 Å². The molecule has 39 heavy (non-hydrogen) atoms. The Morgan fingerprint density at radius 3 is 2.46 bits per heavy atom. The van der Waals surface area contributed by atoms with Crippen LogP contribution in [0.2, 0.25) is 0 Å². The number of nitrogens with one attached hydrogen (secondary N) is 2. The molecular formula is C30H24F2N4O3. The van der Waals surface area contributed by atoms with Gasteiger partial charge < -0.3 is 21.1 Å². The number of carbonyl (C=O) groups excluding carboxylic acids is 2. The van der Waals surface area contributed by atoms with E-state index in [-0.39, 0.29) is 24.5 Å². The van der Waals surface area contributed by atoms with Gasteiger partial charge in [-0.25, -0.2) is 8.78 Å². The van der Waals surface area contributed by atoms with Crippen LogP contribution in [-0.4, -0.2) is 26.9 Å². The molecule has 196 valence electrons. The third kappa shape index (κ3) is 5.77. The van der Waals surface area contributed by atoms with Gasteiger partial charge in [0, 0.05) is 40.5 Å². The molecule has 9 heteroatoms. The van der Waals surface area contributed by atoms with E-state index in [2.05, 4.69) is 15.3 Å². The summed E-state index contributed by atoms with van der Waals surface area (Å²) in [6.45, 7) is 0. The van der Waals surface area contributed by atoms with E-state index in [1.54, 1.807) is 60.9 Å². The van der Waals surface area contributed by atoms with Gasteiger partial charge in [-0.15, -0.1) is 0 Å². The molecule has 2 aromatic heterocycles. The normalized spacial score (nSPS) is 11.8. The van der Waals surface area contributed by atoms with Crippen LogP contribution < -0.4 is 11.1 Å². The number of phenols is 1. The molecule has 1 atom stereocenters. The quantitative estimate of drug-likeness (QED) is 0.228. The number of nitrogens with zero attached hydrogens (tertiary/aromatic N) is 1. The lowest BCUT2D eigenvalue weighted by atomic mass is 9.94. The number of amides is 2. The Balaban J connectivity index is 1.50. The van der Waals surface area contributed by atoms with Gasteiger partial charge in [-0.3, -0.25) is 14.6 Å². The summed E-state index contributed by atoms with van der Waals surface area (Å²) < 4.78 is 28.0. The number of hydrogen-bond donors (Lipinski definition) is 4. The highest BCUT2D eigenvalue weighted by Crippen LogP contribution is 2.30. The number of H-pyrrole nitrogens is 1. The lowest BCUT2D eigenvalue weighted by molar-refractivity contribution is -0.121. The molecule has 0 saturated carbocycles. The summed E-state index contributed by atoms with van der Waals surface area (Å²) in [5, 5.41) is 13.6. The number of halogens is 2. The monoisotopic (exact) mass is 526 g/mol. The molecule has 2 amide bonds. The zero-order valence-electron chi connectivity index (χ0n) is 20.6. The molecule has 5 N–H and O–H groups in total. The number of phenolic OH excluding ortho intramolecular Hbond substituents is 1. The van der Waals surface area contributed by atoms with Crippen LogP contribution in [0.25, 0.3) is 22.0 Å². The summed E-state index contributed by atoms with van der Waals surface area (Å²) in [6, 6.07) is 17.5. The molecule has 1 unspecified atom stereocenters. The molecule has 0 saturated heterocycles. The van der Waals surface area contributed by atoms with Crippen molar-refractivity contribution in [2.24, 2.45) is 5.73 Å². The summed E-state index contributed by atoms with van der Waals surface area (Å²) in [5.41, 5.74) is 9.38. The number of aromatic nitrogens is 2. The summed E-state index contributed by atoms with van der Waals surface area (Å²) in [7, 11) is 0. The van der Waals surface area contributed by atoms with Gasteiger partial charge in [-0.05, 0) is 71.6 Å². The Hall–Kier alpha value is -5.05. The topological polar surface area (TPSA) is 121 Å². The Morgan fingerprint density at radius 1 is 1.00 bits per heavy atom. The van der Waals surface area contributed by atoms with Crippen LogP contribution in [-0.2, 0) is 17.6 Å². The van der Waals surface area contributed by atoms with Crippen molar-refractivity contribution in [3.05, 3.63) is 119 Å². The second kappa shape index (κ2) is 10.7. The van der Waals surface area contributed by atoms with Crippen molar-refractivity contribution in [2.45, 2.75) is 18.9 Å². The second-order valence-electron chi connectivity index (χ2n) is 9.20. The maximum Gasteiger partial charge on any atom is 0.248 e. The molecule has 0 aliphatic rings. The summed E-state index contributed by atoms with van der Waals surface area (Å²) in [4.78, 5) is 32.4. The third-order valence-electron chi connectivity index (χ3n) is 6.45. The van der Waals surface area contributed by atoms with E-state index < -0.39 is 23.6 Å². The minimum atomic E-state index is -0.746. The van der Waals surface area contributed by atoms with Gasteiger partial charge in [0.15, 0.2) is 0 Å². The minimum absolute atomic E-state index is 0.00700. The van der Waals surface area contributed by atoms with Gasteiger partial charge in [0.05, 0.1) is 18.2 Å². The number of fused-ring (bicyclic) bond motifs is 1. The first kappa shape index (κ1) is 25.6. The minimum Gasteiger partial charge on any atom is -0.508 e. The van der Waals surface area contributed by atoms with Crippen LogP contribution in [0.5, 0.6) is 5.75 Å². The largest absolute Gasteiger partial charge is 0.508 e. The van der Waals surface area contributed by atoms with E-state index in [1.165, 1.54) is 12.1 Å². The van der Waals surface area contributed by atoms with Crippen molar-refractivity contribution in [1.82, 2.24) is 15.3 Å². The second-order valence-corrected chi connectivity index (χ2v) is 9.20. The van der Waals surface area contributed by atoms with Crippen LogP contribution >= 0.6 is 0 Å². The lowest BCUT2D eigenvalue weighted by Crippen LogP contribution is -2.32. The first-order valence-electron chi connectivity index (χ1n) is 12.2. The first-order chi connectivity index (χ1) is 18.8. The molecule has 2 heterocycles. The van der Waals surface area contributed by atoms with Crippen LogP contribution in [0, 0.1) is 11.6 Å². The maximum absolute atomic E-state index is 14.0. The smallest absolute Gasteiger partial charge is 0.248 e. The zero-order valence-corrected chi connectivity index (χ0v) is 20.6. The van der Waals surface area contributed by atoms with Gasteiger partial charge in [-0.1, -0.05) is 18.2 Å². The van der Waals surface area contributed by atoms with Crippen molar-refractivity contribution in [3.8, 4) is 16.9 Å². The highest BCUT2D eigenvalue weighted by atomic mass is 19.1. The molecule has 0 aliphatic heterocycles. The number of hydrogen-bond acceptors (Lipinski definition) is 4. The van der Waals surface area contributed by atoms with E-state index in [1.807, 2.05) is 6.07 Å². The number of benzene rings is 3. The van der Waals surface area contributed by atoms with Crippen molar-refractivity contribution >= 4 is 22.7 Å². The lowest BCUT2D eigenvalue weighted by Gasteiger charge is -2.22. The molecule has 7 nitrogen and oxygen atoms in total. The van der Waals surface area contributed by atoms with E-state index in [0.29, 0.717) is 33.3 Å².